The van der Waals surface area contributed by atoms with Crippen molar-refractivity contribution in [2.75, 3.05) is 24.3 Å². The van der Waals surface area contributed by atoms with Crippen LogP contribution in [0.3, 0.4) is 0 Å². The van der Waals surface area contributed by atoms with E-state index in [0.717, 1.165) is 30.1 Å². The van der Waals surface area contributed by atoms with Crippen LogP contribution in [0.25, 0.3) is 10.9 Å². The Kier molecular flexibility index (Phi) is 5.38. The first kappa shape index (κ1) is 17.9. The number of rotatable bonds is 8. The van der Waals surface area contributed by atoms with Gasteiger partial charge < -0.3 is 20.4 Å². The van der Waals surface area contributed by atoms with E-state index in [2.05, 4.69) is 50.0 Å². The molecule has 0 aliphatic heterocycles. The minimum atomic E-state index is 0.625. The molecule has 4 aromatic rings. The maximum Gasteiger partial charge on any atom is 0.224 e. The maximum atomic E-state index is 5.18. The van der Waals surface area contributed by atoms with Crippen molar-refractivity contribution < 1.29 is 4.74 Å². The topological polar surface area (TPSA) is 74.9 Å². The Hall–Kier alpha value is -3.54. The van der Waals surface area contributed by atoms with Gasteiger partial charge in [0.2, 0.25) is 5.95 Å². The molecule has 2 aromatic carbocycles. The molecule has 0 fully saturated rings. The van der Waals surface area contributed by atoms with Gasteiger partial charge in [-0.15, -0.1) is 0 Å². The van der Waals surface area contributed by atoms with Gasteiger partial charge in [0.25, 0.3) is 0 Å². The van der Waals surface area contributed by atoms with E-state index in [1.54, 1.807) is 13.3 Å². The zero-order valence-corrected chi connectivity index (χ0v) is 15.8. The van der Waals surface area contributed by atoms with Crippen LogP contribution in [-0.4, -0.2) is 28.6 Å². The van der Waals surface area contributed by atoms with Crippen molar-refractivity contribution in [1.82, 2.24) is 15.0 Å². The molecule has 0 unspecified atom stereocenters. The number of H-pyrrole nitrogens is 1. The second-order valence-electron chi connectivity index (χ2n) is 6.50. The fourth-order valence-electron chi connectivity index (χ4n) is 3.13. The van der Waals surface area contributed by atoms with E-state index in [-0.39, 0.29) is 0 Å². The van der Waals surface area contributed by atoms with Gasteiger partial charge in [-0.05, 0) is 41.8 Å². The molecule has 0 saturated carbocycles. The summed E-state index contributed by atoms with van der Waals surface area (Å²) in [5.41, 5.74) is 3.61. The first-order valence-corrected chi connectivity index (χ1v) is 9.30. The van der Waals surface area contributed by atoms with Gasteiger partial charge in [0.1, 0.15) is 11.6 Å². The number of nitrogens with zero attached hydrogens (tertiary/aromatic N) is 2. The molecule has 2 aromatic heterocycles. The lowest BCUT2D eigenvalue weighted by Crippen LogP contribution is -2.09. The fourth-order valence-corrected chi connectivity index (χ4v) is 3.13. The molecule has 2 heterocycles. The Morgan fingerprint density at radius 3 is 2.71 bits per heavy atom. The maximum absolute atomic E-state index is 5.18. The molecule has 0 atom stereocenters. The number of ether oxygens (including phenoxy) is 1. The monoisotopic (exact) mass is 373 g/mol. The van der Waals surface area contributed by atoms with Crippen LogP contribution in [0.4, 0.5) is 11.8 Å². The molecule has 4 rings (SSSR count). The Morgan fingerprint density at radius 1 is 1.00 bits per heavy atom. The van der Waals surface area contributed by atoms with Crippen LogP contribution in [0.1, 0.15) is 11.1 Å². The van der Waals surface area contributed by atoms with Gasteiger partial charge in [0.15, 0.2) is 0 Å². The number of methoxy groups -OCH3 is 1. The van der Waals surface area contributed by atoms with Crippen LogP contribution >= 0.6 is 0 Å². The van der Waals surface area contributed by atoms with E-state index in [1.165, 1.54) is 16.5 Å². The highest BCUT2D eigenvalue weighted by molar-refractivity contribution is 5.83. The van der Waals surface area contributed by atoms with Crippen LogP contribution in [0.15, 0.2) is 67.0 Å². The number of para-hydroxylation sites is 1. The molecule has 3 N–H and O–H groups in total. The third-order valence-corrected chi connectivity index (χ3v) is 4.64. The lowest BCUT2D eigenvalue weighted by Gasteiger charge is -2.09. The molecule has 6 heteroatoms. The molecule has 0 bridgehead atoms. The highest BCUT2D eigenvalue weighted by Crippen LogP contribution is 2.18. The Labute approximate surface area is 164 Å². The van der Waals surface area contributed by atoms with E-state index in [9.17, 15) is 0 Å². The molecular formula is C22H23N5O. The first-order chi connectivity index (χ1) is 13.8. The van der Waals surface area contributed by atoms with Crippen molar-refractivity contribution in [2.24, 2.45) is 0 Å². The molecular weight excluding hydrogens is 350 g/mol. The zero-order chi connectivity index (χ0) is 19.2. The number of aromatic amines is 1. The molecule has 28 heavy (non-hydrogen) atoms. The van der Waals surface area contributed by atoms with Gasteiger partial charge in [0, 0.05) is 36.4 Å². The molecule has 0 amide bonds. The third kappa shape index (κ3) is 4.23. The lowest BCUT2D eigenvalue weighted by atomic mass is 10.1. The fraction of sp³-hybridized carbons (Fsp3) is 0.182. The van der Waals surface area contributed by atoms with Gasteiger partial charge in [-0.1, -0.05) is 30.3 Å². The van der Waals surface area contributed by atoms with Crippen LogP contribution in [-0.2, 0) is 13.0 Å². The number of aromatic nitrogens is 3. The van der Waals surface area contributed by atoms with Crippen molar-refractivity contribution in [2.45, 2.75) is 13.0 Å². The van der Waals surface area contributed by atoms with Crippen molar-refractivity contribution in [3.8, 4) is 5.75 Å². The van der Waals surface area contributed by atoms with Crippen molar-refractivity contribution >= 4 is 22.7 Å². The first-order valence-electron chi connectivity index (χ1n) is 9.30. The minimum Gasteiger partial charge on any atom is -0.497 e. The number of nitrogens with one attached hydrogen (secondary N) is 3. The van der Waals surface area contributed by atoms with Crippen LogP contribution < -0.4 is 15.4 Å². The standard InChI is InChI=1S/C22H23N5O/c1-28-18-8-6-16(7-9-18)14-26-21-11-13-24-22(27-21)23-12-10-17-15-25-20-5-3-2-4-19(17)20/h2-9,11,13,15,25H,10,12,14H2,1H3,(H2,23,24,26,27). The van der Waals surface area contributed by atoms with Gasteiger partial charge in [-0.25, -0.2) is 4.98 Å². The van der Waals surface area contributed by atoms with E-state index in [4.69, 9.17) is 4.74 Å². The predicted octanol–water partition coefficient (Wildman–Crippen LogP) is 4.23. The quantitative estimate of drug-likeness (QED) is 0.431. The normalized spacial score (nSPS) is 10.8. The summed E-state index contributed by atoms with van der Waals surface area (Å²) in [4.78, 5) is 12.2. The van der Waals surface area contributed by atoms with Crippen LogP contribution in [0, 0.1) is 0 Å². The number of hydrogen-bond acceptors (Lipinski definition) is 5. The average Bonchev–Trinajstić information content (AvgIpc) is 3.16. The van der Waals surface area contributed by atoms with Crippen molar-refractivity contribution in [3.63, 3.8) is 0 Å². The molecule has 0 radical (unpaired) electrons. The summed E-state index contributed by atoms with van der Waals surface area (Å²) in [5, 5.41) is 7.90. The van der Waals surface area contributed by atoms with E-state index >= 15 is 0 Å². The summed E-state index contributed by atoms with van der Waals surface area (Å²) >= 11 is 0. The minimum absolute atomic E-state index is 0.625. The number of benzene rings is 2. The largest absolute Gasteiger partial charge is 0.497 e. The predicted molar refractivity (Wildman–Crippen MR) is 113 cm³/mol. The Bertz CT molecular complexity index is 1040. The molecule has 0 spiro atoms. The second-order valence-corrected chi connectivity index (χ2v) is 6.50. The summed E-state index contributed by atoms with van der Waals surface area (Å²) in [7, 11) is 1.67. The molecule has 6 nitrogen and oxygen atoms in total. The second kappa shape index (κ2) is 8.43. The Morgan fingerprint density at radius 2 is 1.86 bits per heavy atom. The SMILES string of the molecule is COc1ccc(CNc2ccnc(NCCc3c[nH]c4ccccc34)n2)cc1. The highest BCUT2D eigenvalue weighted by atomic mass is 16.5. The van der Waals surface area contributed by atoms with Crippen molar-refractivity contribution in [3.05, 3.63) is 78.1 Å². The molecule has 0 aliphatic carbocycles. The van der Waals surface area contributed by atoms with E-state index in [1.807, 2.05) is 36.4 Å². The summed E-state index contributed by atoms with van der Waals surface area (Å²) in [5.74, 6) is 2.27. The van der Waals surface area contributed by atoms with Gasteiger partial charge in [0.05, 0.1) is 7.11 Å². The average molecular weight is 373 g/mol. The van der Waals surface area contributed by atoms with Gasteiger partial charge >= 0.3 is 0 Å². The number of fused-ring (bicyclic) bond motifs is 1. The molecule has 0 saturated heterocycles. The lowest BCUT2D eigenvalue weighted by molar-refractivity contribution is 0.414. The summed E-state index contributed by atoms with van der Waals surface area (Å²) in [6, 6.07) is 18.2. The van der Waals surface area contributed by atoms with E-state index < -0.39 is 0 Å². The van der Waals surface area contributed by atoms with Gasteiger partial charge in [-0.2, -0.15) is 4.98 Å². The van der Waals surface area contributed by atoms with Gasteiger partial charge in [-0.3, -0.25) is 0 Å². The van der Waals surface area contributed by atoms with Crippen molar-refractivity contribution in [1.29, 1.82) is 0 Å². The highest BCUT2D eigenvalue weighted by Gasteiger charge is 2.04. The number of hydrogen-bond donors (Lipinski definition) is 3. The molecule has 0 aliphatic rings. The van der Waals surface area contributed by atoms with E-state index in [0.29, 0.717) is 12.5 Å². The smallest absolute Gasteiger partial charge is 0.224 e. The zero-order valence-electron chi connectivity index (χ0n) is 15.8. The summed E-state index contributed by atoms with van der Waals surface area (Å²) in [6.45, 7) is 1.46. The molecule has 142 valence electrons. The number of anilines is 2. The van der Waals surface area contributed by atoms with Crippen LogP contribution in [0.2, 0.25) is 0 Å². The summed E-state index contributed by atoms with van der Waals surface area (Å²) in [6.07, 6.45) is 4.73. The van der Waals surface area contributed by atoms with Crippen LogP contribution in [0.5, 0.6) is 5.75 Å². The summed E-state index contributed by atoms with van der Waals surface area (Å²) < 4.78 is 5.18. The Balaban J connectivity index is 1.31. The third-order valence-electron chi connectivity index (χ3n) is 4.64.